The summed E-state index contributed by atoms with van der Waals surface area (Å²) in [5.74, 6) is -0.216. The van der Waals surface area contributed by atoms with Crippen molar-refractivity contribution in [3.05, 3.63) is 109 Å². The second-order valence-electron chi connectivity index (χ2n) is 19.9. The molecule has 0 rings (SSSR count). The molecule has 0 saturated heterocycles. The lowest BCUT2D eigenvalue weighted by molar-refractivity contribution is -0.870. The van der Waals surface area contributed by atoms with Crippen molar-refractivity contribution in [3.8, 4) is 0 Å². The maximum atomic E-state index is 12.9. The van der Waals surface area contributed by atoms with E-state index in [0.29, 0.717) is 17.4 Å². The van der Waals surface area contributed by atoms with Crippen molar-refractivity contribution >= 4 is 13.7 Å². The number of allylic oxidation sites excluding steroid dienone is 17. The summed E-state index contributed by atoms with van der Waals surface area (Å²) in [6.45, 7) is 4.26. The highest BCUT2D eigenvalue weighted by atomic mass is 31.2. The van der Waals surface area contributed by atoms with Crippen molar-refractivity contribution in [1.82, 2.24) is 5.32 Å². The molecule has 3 atom stereocenters. The monoisotopic (exact) mass is 995 g/mol. The van der Waals surface area contributed by atoms with Crippen LogP contribution in [0.3, 0.4) is 0 Å². The summed E-state index contributed by atoms with van der Waals surface area (Å²) in [5.41, 5.74) is 0. The van der Waals surface area contributed by atoms with Crippen molar-refractivity contribution in [2.75, 3.05) is 40.9 Å². The summed E-state index contributed by atoms with van der Waals surface area (Å²) in [7, 11) is 1.22. The largest absolute Gasteiger partial charge is 0.756 e. The fourth-order valence-electron chi connectivity index (χ4n) is 7.67. The Morgan fingerprint density at radius 1 is 0.529 bits per heavy atom. The van der Waals surface area contributed by atoms with E-state index in [1.165, 1.54) is 116 Å². The van der Waals surface area contributed by atoms with Gasteiger partial charge in [0.15, 0.2) is 0 Å². The maximum Gasteiger partial charge on any atom is 0.268 e. The Morgan fingerprint density at radius 3 is 1.33 bits per heavy atom. The van der Waals surface area contributed by atoms with Crippen LogP contribution >= 0.6 is 7.82 Å². The van der Waals surface area contributed by atoms with Crippen LogP contribution < -0.4 is 10.2 Å². The smallest absolute Gasteiger partial charge is 0.268 e. The summed E-state index contributed by atoms with van der Waals surface area (Å²) in [6, 6.07) is -0.911. The second kappa shape index (κ2) is 51.1. The van der Waals surface area contributed by atoms with Gasteiger partial charge in [-0.15, -0.1) is 0 Å². The number of aliphatic hydroxyl groups is 1. The number of hydrogen-bond acceptors (Lipinski definition) is 6. The van der Waals surface area contributed by atoms with Crippen LogP contribution in [0.2, 0.25) is 0 Å². The van der Waals surface area contributed by atoms with Crippen molar-refractivity contribution in [2.24, 2.45) is 0 Å². The van der Waals surface area contributed by atoms with Crippen LogP contribution in [0.25, 0.3) is 0 Å². The van der Waals surface area contributed by atoms with Gasteiger partial charge < -0.3 is 28.8 Å². The minimum atomic E-state index is -4.60. The molecular weight excluding hydrogens is 888 g/mol. The molecule has 0 radical (unpaired) electrons. The molecule has 2 N–H and O–H groups in total. The van der Waals surface area contributed by atoms with Gasteiger partial charge in [0.05, 0.1) is 39.9 Å². The Bertz CT molecular complexity index is 1500. The molecule has 0 saturated carbocycles. The number of phosphoric ester groups is 1. The zero-order chi connectivity index (χ0) is 51.3. The number of phosphoric acid groups is 1. The van der Waals surface area contributed by atoms with Crippen LogP contribution in [0.1, 0.15) is 219 Å². The molecule has 0 aromatic rings. The van der Waals surface area contributed by atoms with Crippen molar-refractivity contribution in [3.63, 3.8) is 0 Å². The van der Waals surface area contributed by atoms with Gasteiger partial charge in [-0.1, -0.05) is 232 Å². The van der Waals surface area contributed by atoms with E-state index in [4.69, 9.17) is 9.05 Å². The van der Waals surface area contributed by atoms with E-state index < -0.39 is 26.6 Å². The van der Waals surface area contributed by atoms with Crippen molar-refractivity contribution < 1.29 is 32.9 Å². The molecule has 9 heteroatoms. The van der Waals surface area contributed by atoms with Crippen LogP contribution in [0.4, 0.5) is 0 Å². The Morgan fingerprint density at radius 2 is 0.900 bits per heavy atom. The van der Waals surface area contributed by atoms with Gasteiger partial charge in [-0.25, -0.2) is 0 Å². The molecule has 0 heterocycles. The Balaban J connectivity index is 3.89. The Kier molecular flexibility index (Phi) is 49.0. The molecule has 0 aliphatic carbocycles. The summed E-state index contributed by atoms with van der Waals surface area (Å²) < 4.78 is 23.2. The highest BCUT2D eigenvalue weighted by Gasteiger charge is 2.23. The predicted molar refractivity (Wildman–Crippen MR) is 302 cm³/mol. The number of quaternary nitrogens is 1. The highest BCUT2D eigenvalue weighted by Crippen LogP contribution is 2.38. The van der Waals surface area contributed by atoms with E-state index in [1.54, 1.807) is 6.08 Å². The molecule has 0 aliphatic heterocycles. The van der Waals surface area contributed by atoms with E-state index >= 15 is 0 Å². The van der Waals surface area contributed by atoms with Gasteiger partial charge in [0, 0.05) is 6.42 Å². The number of unbranched alkanes of at least 4 members (excludes halogenated alkanes) is 22. The number of carbonyl (C=O) groups excluding carboxylic acids is 1. The van der Waals surface area contributed by atoms with Crippen LogP contribution in [-0.4, -0.2) is 68.5 Å². The summed E-state index contributed by atoms with van der Waals surface area (Å²) in [5, 5.41) is 13.7. The van der Waals surface area contributed by atoms with Crippen molar-refractivity contribution in [1.29, 1.82) is 0 Å². The summed E-state index contributed by atoms with van der Waals surface area (Å²) in [6.07, 6.45) is 75.1. The second-order valence-corrected chi connectivity index (χ2v) is 21.3. The number of likely N-dealkylation sites (N-methyl/N-ethyl adjacent to an activating group) is 1. The Labute approximate surface area is 431 Å². The number of rotatable bonds is 50. The Hall–Kier alpha value is -2.84. The lowest BCUT2D eigenvalue weighted by Crippen LogP contribution is -2.45. The first-order valence-corrected chi connectivity index (χ1v) is 29.7. The summed E-state index contributed by atoms with van der Waals surface area (Å²) >= 11 is 0. The maximum absolute atomic E-state index is 12.9. The van der Waals surface area contributed by atoms with Gasteiger partial charge in [0.1, 0.15) is 13.2 Å². The minimum Gasteiger partial charge on any atom is -0.756 e. The first-order chi connectivity index (χ1) is 34.0. The zero-order valence-electron chi connectivity index (χ0n) is 45.7. The minimum absolute atomic E-state index is 0.0123. The molecule has 0 aromatic heterocycles. The van der Waals surface area contributed by atoms with Gasteiger partial charge in [0.25, 0.3) is 7.82 Å². The first kappa shape index (κ1) is 67.2. The van der Waals surface area contributed by atoms with E-state index in [9.17, 15) is 19.4 Å². The molecule has 0 bridgehead atoms. The van der Waals surface area contributed by atoms with E-state index in [2.05, 4.69) is 103 Å². The third kappa shape index (κ3) is 53.0. The third-order valence-corrected chi connectivity index (χ3v) is 13.0. The van der Waals surface area contributed by atoms with Gasteiger partial charge in [-0.3, -0.25) is 9.36 Å². The molecule has 3 unspecified atom stereocenters. The molecule has 1 amide bonds. The zero-order valence-corrected chi connectivity index (χ0v) is 46.6. The number of nitrogens with one attached hydrogen (secondary N) is 1. The fourth-order valence-corrected chi connectivity index (χ4v) is 8.39. The molecule has 0 spiro atoms. The quantitative estimate of drug-likeness (QED) is 0.0272. The average molecular weight is 996 g/mol. The molecule has 8 nitrogen and oxygen atoms in total. The van der Waals surface area contributed by atoms with Gasteiger partial charge >= 0.3 is 0 Å². The first-order valence-electron chi connectivity index (χ1n) is 28.2. The van der Waals surface area contributed by atoms with E-state index in [0.717, 1.165) is 83.5 Å². The average Bonchev–Trinajstić information content (AvgIpc) is 3.32. The van der Waals surface area contributed by atoms with Gasteiger partial charge in [-0.05, 0) is 90.4 Å². The van der Waals surface area contributed by atoms with Crippen LogP contribution in [-0.2, 0) is 18.4 Å². The molecular formula is C61H107N2O6P. The fraction of sp³-hybridized carbons (Fsp3) is 0.689. The predicted octanol–water partition coefficient (Wildman–Crippen LogP) is 16.6. The van der Waals surface area contributed by atoms with Crippen LogP contribution in [0.15, 0.2) is 109 Å². The lowest BCUT2D eigenvalue weighted by atomic mass is 10.0. The van der Waals surface area contributed by atoms with E-state index in [1.807, 2.05) is 40.2 Å². The number of carbonyl (C=O) groups is 1. The normalized spacial score (nSPS) is 14.8. The number of amides is 1. The molecule has 402 valence electrons. The van der Waals surface area contributed by atoms with Crippen LogP contribution in [0.5, 0.6) is 0 Å². The number of nitrogens with zero attached hydrogens (tertiary/aromatic N) is 1. The lowest BCUT2D eigenvalue weighted by Gasteiger charge is -2.29. The third-order valence-electron chi connectivity index (χ3n) is 12.0. The van der Waals surface area contributed by atoms with Gasteiger partial charge in [0.2, 0.25) is 5.91 Å². The summed E-state index contributed by atoms with van der Waals surface area (Å²) in [4.78, 5) is 25.3. The number of aliphatic hydroxyl groups excluding tert-OH is 1. The number of hydrogen-bond donors (Lipinski definition) is 2. The molecule has 0 aliphatic rings. The molecule has 70 heavy (non-hydrogen) atoms. The highest BCUT2D eigenvalue weighted by molar-refractivity contribution is 7.45. The molecule has 0 aromatic carbocycles. The van der Waals surface area contributed by atoms with Crippen LogP contribution in [0, 0.1) is 0 Å². The SMILES string of the molecule is C/C=C/CC/C=C/CC/C=C/C(O)C(COP(=O)([O-])OCC[N+](C)(C)C)NC(=O)CCCCCCCCCCCCCCCCCCCCCC/C=C\C/C=C\C/C=C\C/C=C\C/C=C\C/C=C\CC. The standard InChI is InChI=1S/C61H107N2O6P/c1-6-8-10-12-14-16-17-18-19-20-21-22-23-24-25-26-27-28-29-30-31-32-33-34-35-36-37-38-39-40-41-42-43-44-45-47-49-51-53-55-61(65)62-59(58-69-70(66,67)68-57-56-63(3,4)5)60(64)54-52-50-48-46-15-13-11-9-7-2/h7-10,14-16,18-19,21-22,24-25,27-28,46,52,54,59-60,64H,6,11-13,17,20,23,26,29-45,47-51,53,55-58H2,1-5H3,(H-,62,65,66,67)/b9-7+,10-8-,16-14-,19-18-,22-21-,25-24-,28-27-,46-15+,54-52+. The topological polar surface area (TPSA) is 108 Å². The molecule has 0 fully saturated rings. The van der Waals surface area contributed by atoms with Crippen molar-refractivity contribution in [2.45, 2.75) is 231 Å². The van der Waals surface area contributed by atoms with E-state index in [-0.39, 0.29) is 12.5 Å². The van der Waals surface area contributed by atoms with Gasteiger partial charge in [-0.2, -0.15) is 0 Å².